The molecule has 2 aromatic rings. The average Bonchev–Trinajstić information content (AvgIpc) is 2.90. The lowest BCUT2D eigenvalue weighted by molar-refractivity contribution is -0.131. The van der Waals surface area contributed by atoms with E-state index >= 15 is 0 Å². The number of amides is 3. The Morgan fingerprint density at radius 3 is 2.69 bits per heavy atom. The second-order valence-electron chi connectivity index (χ2n) is 8.54. The van der Waals surface area contributed by atoms with E-state index in [0.29, 0.717) is 23.2 Å². The topological polar surface area (TPSA) is 97.3 Å². The van der Waals surface area contributed by atoms with Gasteiger partial charge in [0.1, 0.15) is 11.4 Å². The summed E-state index contributed by atoms with van der Waals surface area (Å²) in [6.07, 6.45) is 0.583. The molecule has 170 valence electrons. The summed E-state index contributed by atoms with van der Waals surface area (Å²) in [5.74, 6) is -0.471. The number of halogens is 2. The first-order valence-corrected chi connectivity index (χ1v) is 11.1. The quantitative estimate of drug-likeness (QED) is 0.445. The molecule has 1 saturated heterocycles. The summed E-state index contributed by atoms with van der Waals surface area (Å²) in [6.45, 7) is 5.91. The third-order valence-electron chi connectivity index (χ3n) is 5.18. The van der Waals surface area contributed by atoms with Crippen molar-refractivity contribution in [3.05, 3.63) is 63.9 Å². The highest BCUT2D eigenvalue weighted by Crippen LogP contribution is 2.26. The Bertz CT molecular complexity index is 1040. The van der Waals surface area contributed by atoms with Crippen LogP contribution in [-0.4, -0.2) is 28.3 Å². The van der Waals surface area contributed by atoms with Crippen LogP contribution in [0.15, 0.2) is 46.9 Å². The Kier molecular flexibility index (Phi) is 7.18. The van der Waals surface area contributed by atoms with Gasteiger partial charge in [-0.2, -0.15) is 0 Å². The third kappa shape index (κ3) is 5.64. The molecular weight excluding hydrogens is 477 g/mol. The van der Waals surface area contributed by atoms with Gasteiger partial charge in [-0.05, 0) is 49.1 Å². The van der Waals surface area contributed by atoms with Crippen LogP contribution in [0.2, 0.25) is 0 Å². The maximum absolute atomic E-state index is 14.7. The largest absolute Gasteiger partial charge is 0.342 e. The van der Waals surface area contributed by atoms with Crippen molar-refractivity contribution in [3.63, 3.8) is 0 Å². The summed E-state index contributed by atoms with van der Waals surface area (Å²) in [6, 6.07) is 11.4. The molecule has 1 atom stereocenters. The predicted octanol–water partition coefficient (Wildman–Crippen LogP) is 4.58. The molecule has 1 fully saturated rings. The lowest BCUT2D eigenvalue weighted by Gasteiger charge is -2.24. The smallest absolute Gasteiger partial charge is 0.319 e. The van der Waals surface area contributed by atoms with Crippen molar-refractivity contribution in [1.82, 2.24) is 15.5 Å². The van der Waals surface area contributed by atoms with E-state index in [1.807, 2.05) is 19.9 Å². The van der Waals surface area contributed by atoms with Gasteiger partial charge in [0.05, 0.1) is 6.54 Å². The molecule has 32 heavy (non-hydrogen) atoms. The maximum atomic E-state index is 14.7. The summed E-state index contributed by atoms with van der Waals surface area (Å²) in [4.78, 5) is 26.2. The lowest BCUT2D eigenvalue weighted by atomic mass is 9.91. The average molecular weight is 504 g/mol. The Balaban J connectivity index is 1.60. The number of rotatable bonds is 7. The number of nitrogens with zero attached hydrogens (tertiary/aromatic N) is 1. The zero-order valence-corrected chi connectivity index (χ0v) is 19.8. The molecule has 3 amide bonds. The van der Waals surface area contributed by atoms with Crippen LogP contribution in [0.1, 0.15) is 38.3 Å². The second kappa shape index (κ2) is 9.68. The van der Waals surface area contributed by atoms with Gasteiger partial charge in [0, 0.05) is 22.3 Å². The SMILES string of the molecule is CC(C)CC1(C)NC(=N)N(Cc2ccc(CNC(=O)Nc3cccc(Br)c3)cc2F)C1=O. The number of nitrogens with one attached hydrogen (secondary N) is 4. The first-order valence-electron chi connectivity index (χ1n) is 10.3. The van der Waals surface area contributed by atoms with E-state index in [1.165, 1.54) is 11.0 Å². The minimum atomic E-state index is -0.854. The van der Waals surface area contributed by atoms with Crippen LogP contribution in [-0.2, 0) is 17.9 Å². The van der Waals surface area contributed by atoms with Gasteiger partial charge in [-0.1, -0.05) is 48.0 Å². The molecule has 1 aliphatic heterocycles. The van der Waals surface area contributed by atoms with Crippen molar-refractivity contribution in [2.75, 3.05) is 5.32 Å². The molecule has 0 bridgehead atoms. The van der Waals surface area contributed by atoms with E-state index in [1.54, 1.807) is 37.3 Å². The summed E-state index contributed by atoms with van der Waals surface area (Å²) in [5.41, 5.74) is 0.671. The van der Waals surface area contributed by atoms with Gasteiger partial charge in [0.15, 0.2) is 5.96 Å². The van der Waals surface area contributed by atoms with Crippen molar-refractivity contribution in [1.29, 1.82) is 5.41 Å². The first-order chi connectivity index (χ1) is 15.1. The van der Waals surface area contributed by atoms with E-state index < -0.39 is 17.4 Å². The molecule has 1 unspecified atom stereocenters. The zero-order valence-electron chi connectivity index (χ0n) is 18.3. The van der Waals surface area contributed by atoms with Gasteiger partial charge in [0.2, 0.25) is 0 Å². The van der Waals surface area contributed by atoms with Gasteiger partial charge in [-0.15, -0.1) is 0 Å². The van der Waals surface area contributed by atoms with Crippen LogP contribution >= 0.6 is 15.9 Å². The fourth-order valence-electron chi connectivity index (χ4n) is 3.81. The molecular formula is C23H27BrFN5O2. The van der Waals surface area contributed by atoms with Crippen LogP contribution in [0.5, 0.6) is 0 Å². The van der Waals surface area contributed by atoms with Gasteiger partial charge in [0.25, 0.3) is 5.91 Å². The molecule has 1 heterocycles. The van der Waals surface area contributed by atoms with E-state index in [9.17, 15) is 14.0 Å². The van der Waals surface area contributed by atoms with Gasteiger partial charge < -0.3 is 16.0 Å². The van der Waals surface area contributed by atoms with Crippen molar-refractivity contribution >= 4 is 39.5 Å². The summed E-state index contributed by atoms with van der Waals surface area (Å²) in [7, 11) is 0. The van der Waals surface area contributed by atoms with E-state index in [0.717, 1.165) is 4.47 Å². The Morgan fingerprint density at radius 1 is 1.28 bits per heavy atom. The van der Waals surface area contributed by atoms with Crippen LogP contribution in [0.25, 0.3) is 0 Å². The van der Waals surface area contributed by atoms with Crippen LogP contribution in [0, 0.1) is 17.1 Å². The fraction of sp³-hybridized carbons (Fsp3) is 0.348. The molecule has 3 rings (SSSR count). The monoisotopic (exact) mass is 503 g/mol. The maximum Gasteiger partial charge on any atom is 0.319 e. The molecule has 0 spiro atoms. The van der Waals surface area contributed by atoms with Gasteiger partial charge in [-0.25, -0.2) is 9.18 Å². The van der Waals surface area contributed by atoms with Crippen LogP contribution in [0.3, 0.4) is 0 Å². The minimum Gasteiger partial charge on any atom is -0.342 e. The number of carbonyl (C=O) groups is 2. The van der Waals surface area contributed by atoms with Crippen LogP contribution < -0.4 is 16.0 Å². The molecule has 0 aromatic heterocycles. The Hall–Kier alpha value is -2.94. The molecule has 2 aromatic carbocycles. The molecule has 0 radical (unpaired) electrons. The summed E-state index contributed by atoms with van der Waals surface area (Å²) >= 11 is 3.34. The summed E-state index contributed by atoms with van der Waals surface area (Å²) < 4.78 is 15.6. The number of hydrogen-bond donors (Lipinski definition) is 4. The van der Waals surface area contributed by atoms with E-state index in [-0.39, 0.29) is 30.9 Å². The Morgan fingerprint density at radius 2 is 2.03 bits per heavy atom. The number of urea groups is 1. The highest BCUT2D eigenvalue weighted by molar-refractivity contribution is 9.10. The number of carbonyl (C=O) groups excluding carboxylic acids is 2. The minimum absolute atomic E-state index is 0.0208. The molecule has 0 aliphatic carbocycles. The van der Waals surface area contributed by atoms with Crippen molar-refractivity contribution in [3.8, 4) is 0 Å². The fourth-order valence-corrected chi connectivity index (χ4v) is 4.21. The van der Waals surface area contributed by atoms with Gasteiger partial charge in [-0.3, -0.25) is 15.1 Å². The first kappa shape index (κ1) is 23.7. The molecule has 7 nitrogen and oxygen atoms in total. The van der Waals surface area contributed by atoms with Crippen molar-refractivity contribution in [2.45, 2.75) is 45.8 Å². The normalized spacial score (nSPS) is 18.1. The zero-order chi connectivity index (χ0) is 23.5. The standard InChI is InChI=1S/C23H27BrFN5O2/c1-14(2)11-23(3)20(31)30(21(26)29-23)13-16-8-7-15(9-19(16)25)12-27-22(32)28-18-6-4-5-17(24)10-18/h4-10,14H,11-13H2,1-3H3,(H2,26,29)(H2,27,28,32). The third-order valence-corrected chi connectivity index (χ3v) is 5.67. The summed E-state index contributed by atoms with van der Waals surface area (Å²) in [5, 5.41) is 16.5. The lowest BCUT2D eigenvalue weighted by Crippen LogP contribution is -2.45. The highest BCUT2D eigenvalue weighted by atomic mass is 79.9. The molecule has 1 aliphatic rings. The Labute approximate surface area is 195 Å². The number of benzene rings is 2. The van der Waals surface area contributed by atoms with Crippen LogP contribution in [0.4, 0.5) is 14.9 Å². The highest BCUT2D eigenvalue weighted by Gasteiger charge is 2.46. The predicted molar refractivity (Wildman–Crippen MR) is 126 cm³/mol. The van der Waals surface area contributed by atoms with E-state index in [2.05, 4.69) is 31.9 Å². The van der Waals surface area contributed by atoms with Crippen molar-refractivity contribution < 1.29 is 14.0 Å². The molecule has 4 N–H and O–H groups in total. The molecule has 9 heteroatoms. The van der Waals surface area contributed by atoms with Crippen molar-refractivity contribution in [2.24, 2.45) is 5.92 Å². The number of anilines is 1. The molecule has 0 saturated carbocycles. The number of hydrogen-bond acceptors (Lipinski definition) is 3. The van der Waals surface area contributed by atoms with Gasteiger partial charge >= 0.3 is 6.03 Å². The second-order valence-corrected chi connectivity index (χ2v) is 9.45. The number of guanidine groups is 1. The van der Waals surface area contributed by atoms with E-state index in [4.69, 9.17) is 5.41 Å².